The van der Waals surface area contributed by atoms with Gasteiger partial charge in [-0.1, -0.05) is 12.1 Å². The Morgan fingerprint density at radius 1 is 1.00 bits per heavy atom. The molecule has 0 fully saturated rings. The zero-order valence-corrected chi connectivity index (χ0v) is 15.9. The van der Waals surface area contributed by atoms with Crippen LogP contribution in [0.25, 0.3) is 0 Å². The molecule has 0 heterocycles. The van der Waals surface area contributed by atoms with Gasteiger partial charge in [-0.25, -0.2) is 0 Å². The normalized spacial score (nSPS) is 11.9. The van der Waals surface area contributed by atoms with E-state index in [0.29, 0.717) is 11.1 Å². The number of benzene rings is 2. The van der Waals surface area contributed by atoms with E-state index >= 15 is 0 Å². The van der Waals surface area contributed by atoms with Gasteiger partial charge in [-0.15, -0.1) is 0 Å². The van der Waals surface area contributed by atoms with Crippen LogP contribution in [-0.2, 0) is 23.8 Å². The lowest BCUT2D eigenvalue weighted by molar-refractivity contribution is -0.137. The molecule has 0 aromatic heterocycles. The summed E-state index contributed by atoms with van der Waals surface area (Å²) < 4.78 is 38.5. The summed E-state index contributed by atoms with van der Waals surface area (Å²) >= 11 is 0. The highest BCUT2D eigenvalue weighted by molar-refractivity contribution is 5.95. The molecular formula is C21H22F3NO3. The highest BCUT2D eigenvalue weighted by Gasteiger charge is 2.31. The number of hydrogen-bond acceptors (Lipinski definition) is 3. The number of Topliss-reactive ketones (excluding diaryl/α,β-unsaturated/α-hetero) is 1. The van der Waals surface area contributed by atoms with Gasteiger partial charge in [0.15, 0.2) is 0 Å². The van der Waals surface area contributed by atoms with Crippen molar-refractivity contribution in [3.05, 3.63) is 64.7 Å². The topological polar surface area (TPSA) is 66.4 Å². The zero-order valence-electron chi connectivity index (χ0n) is 15.9. The number of hydrogen-bond donors (Lipinski definition) is 2. The smallest absolute Gasteiger partial charge is 0.416 e. The van der Waals surface area contributed by atoms with E-state index < -0.39 is 17.3 Å². The van der Waals surface area contributed by atoms with Gasteiger partial charge >= 0.3 is 6.18 Å². The van der Waals surface area contributed by atoms with Crippen LogP contribution < -0.4 is 5.32 Å². The lowest BCUT2D eigenvalue weighted by atomic mass is 9.99. The number of carbonyl (C=O) groups excluding carboxylic acids is 2. The summed E-state index contributed by atoms with van der Waals surface area (Å²) in [5.74, 6) is -1.01. The number of amides is 1. The number of phenols is 1. The van der Waals surface area contributed by atoms with Crippen LogP contribution in [0.2, 0.25) is 0 Å². The molecule has 2 aromatic rings. The maximum atomic E-state index is 12.8. The van der Waals surface area contributed by atoms with Gasteiger partial charge in [0, 0.05) is 29.5 Å². The molecule has 4 nitrogen and oxygen atoms in total. The van der Waals surface area contributed by atoms with Gasteiger partial charge in [-0.05, 0) is 56.7 Å². The van der Waals surface area contributed by atoms with Crippen LogP contribution in [0.1, 0.15) is 47.8 Å². The molecule has 0 atom stereocenters. The Hall–Kier alpha value is -2.83. The zero-order chi connectivity index (χ0) is 21.1. The van der Waals surface area contributed by atoms with Crippen LogP contribution in [0.5, 0.6) is 5.75 Å². The molecule has 2 rings (SSSR count). The standard InChI is InChI=1S/C21H22F3NO3/c1-20(2,3)25-19(28)14-6-4-5-13(9-14)10-17(26)12-15-11-16(21(22,23)24)7-8-18(15)27/h4-9,11,27H,10,12H2,1-3H3,(H,25,28). The molecule has 2 aromatic carbocycles. The van der Waals surface area contributed by atoms with Crippen molar-refractivity contribution in [3.63, 3.8) is 0 Å². The first-order valence-corrected chi connectivity index (χ1v) is 8.67. The van der Waals surface area contributed by atoms with Crippen molar-refractivity contribution in [1.29, 1.82) is 0 Å². The monoisotopic (exact) mass is 393 g/mol. The quantitative estimate of drug-likeness (QED) is 0.796. The maximum absolute atomic E-state index is 12.8. The third kappa shape index (κ3) is 6.11. The molecular weight excluding hydrogens is 371 g/mol. The van der Waals surface area contributed by atoms with Gasteiger partial charge in [0.05, 0.1) is 5.56 Å². The van der Waals surface area contributed by atoms with Crippen LogP contribution >= 0.6 is 0 Å². The molecule has 0 aliphatic rings. The summed E-state index contributed by atoms with van der Waals surface area (Å²) in [5.41, 5.74) is -0.459. The molecule has 0 bridgehead atoms. The number of phenolic OH excluding ortho intramolecular Hbond substituents is 1. The fourth-order valence-electron chi connectivity index (χ4n) is 2.64. The van der Waals surface area contributed by atoms with Crippen LogP contribution in [0.4, 0.5) is 13.2 Å². The number of ketones is 1. The van der Waals surface area contributed by atoms with Gasteiger partial charge in [0.25, 0.3) is 5.91 Å². The Labute approximate surface area is 161 Å². The van der Waals surface area contributed by atoms with E-state index in [0.717, 1.165) is 18.2 Å². The second-order valence-corrected chi connectivity index (χ2v) is 7.64. The fraction of sp³-hybridized carbons (Fsp3) is 0.333. The molecule has 0 saturated carbocycles. The summed E-state index contributed by atoms with van der Waals surface area (Å²) in [6, 6.07) is 8.97. The van der Waals surface area contributed by atoms with Crippen LogP contribution in [0.3, 0.4) is 0 Å². The molecule has 2 N–H and O–H groups in total. The molecule has 150 valence electrons. The predicted octanol–water partition coefficient (Wildman–Crippen LogP) is 4.29. The van der Waals surface area contributed by atoms with Crippen molar-refractivity contribution < 1.29 is 27.9 Å². The molecule has 0 aliphatic carbocycles. The summed E-state index contributed by atoms with van der Waals surface area (Å²) in [6.45, 7) is 5.54. The van der Waals surface area contributed by atoms with Crippen LogP contribution in [0, 0.1) is 0 Å². The van der Waals surface area contributed by atoms with Gasteiger partial charge < -0.3 is 10.4 Å². The second-order valence-electron chi connectivity index (χ2n) is 7.64. The first-order valence-electron chi connectivity index (χ1n) is 8.67. The number of aromatic hydroxyl groups is 1. The molecule has 0 unspecified atom stereocenters. The average molecular weight is 393 g/mol. The number of nitrogens with one attached hydrogen (secondary N) is 1. The molecule has 1 amide bonds. The summed E-state index contributed by atoms with van der Waals surface area (Å²) in [5, 5.41) is 12.6. The van der Waals surface area contributed by atoms with E-state index in [4.69, 9.17) is 0 Å². The van der Waals surface area contributed by atoms with Crippen molar-refractivity contribution in [1.82, 2.24) is 5.32 Å². The summed E-state index contributed by atoms with van der Waals surface area (Å²) in [7, 11) is 0. The van der Waals surface area contributed by atoms with Crippen molar-refractivity contribution in [3.8, 4) is 5.75 Å². The van der Waals surface area contributed by atoms with E-state index in [1.54, 1.807) is 24.3 Å². The third-order valence-corrected chi connectivity index (χ3v) is 3.87. The minimum Gasteiger partial charge on any atom is -0.508 e. The predicted molar refractivity (Wildman–Crippen MR) is 99.2 cm³/mol. The number of carbonyl (C=O) groups is 2. The first-order chi connectivity index (χ1) is 12.8. The Morgan fingerprint density at radius 3 is 2.29 bits per heavy atom. The van der Waals surface area contributed by atoms with Gasteiger partial charge in [-0.3, -0.25) is 9.59 Å². The minimum atomic E-state index is -4.56. The van der Waals surface area contributed by atoms with Crippen molar-refractivity contribution in [2.75, 3.05) is 0 Å². The Kier molecular flexibility index (Phi) is 6.17. The van der Waals surface area contributed by atoms with E-state index in [2.05, 4.69) is 5.32 Å². The molecule has 0 saturated heterocycles. The summed E-state index contributed by atoms with van der Waals surface area (Å²) in [4.78, 5) is 24.5. The van der Waals surface area contributed by atoms with Gasteiger partial charge in [0.2, 0.25) is 0 Å². The highest BCUT2D eigenvalue weighted by Crippen LogP contribution is 2.32. The van der Waals surface area contributed by atoms with Crippen molar-refractivity contribution in [2.24, 2.45) is 0 Å². The Bertz CT molecular complexity index is 883. The van der Waals surface area contributed by atoms with Crippen LogP contribution in [-0.4, -0.2) is 22.3 Å². The number of alkyl halides is 3. The summed E-state index contributed by atoms with van der Waals surface area (Å²) in [6.07, 6.45) is -4.96. The Balaban J connectivity index is 2.12. The van der Waals surface area contributed by atoms with Crippen molar-refractivity contribution in [2.45, 2.75) is 45.3 Å². The van der Waals surface area contributed by atoms with Crippen LogP contribution in [0.15, 0.2) is 42.5 Å². The number of halogens is 3. The maximum Gasteiger partial charge on any atom is 0.416 e. The van der Waals surface area contributed by atoms with Gasteiger partial charge in [0.1, 0.15) is 11.5 Å². The molecule has 0 aliphatic heterocycles. The lowest BCUT2D eigenvalue weighted by Gasteiger charge is -2.20. The van der Waals surface area contributed by atoms with E-state index in [9.17, 15) is 27.9 Å². The van der Waals surface area contributed by atoms with E-state index in [1.165, 1.54) is 0 Å². The van der Waals surface area contributed by atoms with Crippen molar-refractivity contribution >= 4 is 11.7 Å². The third-order valence-electron chi connectivity index (χ3n) is 3.87. The first kappa shape index (κ1) is 21.5. The highest BCUT2D eigenvalue weighted by atomic mass is 19.4. The molecule has 0 spiro atoms. The number of rotatable bonds is 5. The lowest BCUT2D eigenvalue weighted by Crippen LogP contribution is -2.40. The molecule has 0 radical (unpaired) electrons. The van der Waals surface area contributed by atoms with E-state index in [-0.39, 0.29) is 35.8 Å². The Morgan fingerprint density at radius 2 is 1.68 bits per heavy atom. The fourth-order valence-corrected chi connectivity index (χ4v) is 2.64. The molecule has 7 heteroatoms. The average Bonchev–Trinajstić information content (AvgIpc) is 2.54. The molecule has 28 heavy (non-hydrogen) atoms. The largest absolute Gasteiger partial charge is 0.508 e. The second kappa shape index (κ2) is 8.04. The SMILES string of the molecule is CC(C)(C)NC(=O)c1cccc(CC(=O)Cc2cc(C(F)(F)F)ccc2O)c1. The van der Waals surface area contributed by atoms with Gasteiger partial charge in [-0.2, -0.15) is 13.2 Å². The van der Waals surface area contributed by atoms with E-state index in [1.807, 2.05) is 20.8 Å². The minimum absolute atomic E-state index is 0.0632.